The highest BCUT2D eigenvalue weighted by atomic mass is 79.9. The van der Waals surface area contributed by atoms with Crippen LogP contribution in [-0.4, -0.2) is 14.8 Å². The number of hydrogen-bond acceptors (Lipinski definition) is 5. The number of halogens is 1. The molecule has 1 aromatic heterocycles. The molecule has 3 aromatic carbocycles. The van der Waals surface area contributed by atoms with Crippen molar-refractivity contribution in [2.24, 2.45) is 0 Å². The summed E-state index contributed by atoms with van der Waals surface area (Å²) in [5.41, 5.74) is 9.39. The van der Waals surface area contributed by atoms with Gasteiger partial charge in [-0.15, -0.1) is 5.10 Å². The molecular weight excluding hydrogens is 454 g/mol. The van der Waals surface area contributed by atoms with Gasteiger partial charge in [0, 0.05) is 4.47 Å². The van der Waals surface area contributed by atoms with E-state index in [2.05, 4.69) is 79.9 Å². The molecule has 0 unspecified atom stereocenters. The third-order valence-electron chi connectivity index (χ3n) is 5.49. The van der Waals surface area contributed by atoms with Crippen molar-refractivity contribution in [3.05, 3.63) is 100 Å². The Balaban J connectivity index is 1.38. The highest BCUT2D eigenvalue weighted by Crippen LogP contribution is 2.38. The van der Waals surface area contributed by atoms with Crippen LogP contribution in [0, 0.1) is 0 Å². The fourth-order valence-corrected chi connectivity index (χ4v) is 4.18. The van der Waals surface area contributed by atoms with Gasteiger partial charge in [-0.1, -0.05) is 70.5 Å². The number of aromatic nitrogens is 3. The van der Waals surface area contributed by atoms with Gasteiger partial charge in [0.05, 0.1) is 12.1 Å². The zero-order chi connectivity index (χ0) is 21.2. The zero-order valence-corrected chi connectivity index (χ0v) is 18.4. The summed E-state index contributed by atoms with van der Waals surface area (Å²) in [6.07, 6.45) is 0.835. The lowest BCUT2D eigenvalue weighted by Crippen LogP contribution is -2.28. The topological polar surface area (TPSA) is 78.0 Å². The van der Waals surface area contributed by atoms with Crippen LogP contribution in [0.4, 0.5) is 11.9 Å². The van der Waals surface area contributed by atoms with Crippen LogP contribution in [0.2, 0.25) is 0 Å². The van der Waals surface area contributed by atoms with Crippen LogP contribution in [0.25, 0.3) is 0 Å². The lowest BCUT2D eigenvalue weighted by Gasteiger charge is -2.31. The maximum Gasteiger partial charge on any atom is 0.241 e. The number of fused-ring (bicyclic) bond motifs is 1. The van der Waals surface area contributed by atoms with Crippen LogP contribution in [0.5, 0.6) is 5.75 Å². The van der Waals surface area contributed by atoms with E-state index in [9.17, 15) is 0 Å². The Kier molecular flexibility index (Phi) is 5.34. The van der Waals surface area contributed by atoms with Crippen LogP contribution in [0.15, 0.2) is 83.3 Å². The number of nitrogen functional groups attached to an aromatic ring is 1. The van der Waals surface area contributed by atoms with Crippen molar-refractivity contribution in [2.45, 2.75) is 25.1 Å². The third kappa shape index (κ3) is 4.27. The normalized spacial score (nSPS) is 17.6. The van der Waals surface area contributed by atoms with E-state index in [1.807, 2.05) is 35.0 Å². The van der Waals surface area contributed by atoms with E-state index in [0.29, 0.717) is 12.6 Å². The Hall–Kier alpha value is -3.32. The van der Waals surface area contributed by atoms with Gasteiger partial charge in [0.25, 0.3) is 0 Å². The van der Waals surface area contributed by atoms with Crippen molar-refractivity contribution in [3.63, 3.8) is 0 Å². The predicted octanol–water partition coefficient (Wildman–Crippen LogP) is 5.35. The fraction of sp³-hybridized carbons (Fsp3) is 0.167. The molecule has 0 fully saturated rings. The Morgan fingerprint density at radius 1 is 0.968 bits per heavy atom. The highest BCUT2D eigenvalue weighted by Gasteiger charge is 2.30. The number of nitrogens with zero attached hydrogens (tertiary/aromatic N) is 3. The van der Waals surface area contributed by atoms with Gasteiger partial charge in [-0.3, -0.25) is 0 Å². The average Bonchev–Trinajstić information content (AvgIpc) is 3.19. The molecule has 0 aliphatic carbocycles. The first kappa shape index (κ1) is 19.6. The second-order valence-electron chi connectivity index (χ2n) is 7.58. The minimum Gasteiger partial charge on any atom is -0.489 e. The summed E-state index contributed by atoms with van der Waals surface area (Å²) in [6.45, 7) is 0.545. The number of rotatable bonds is 5. The molecule has 7 heteroatoms. The van der Waals surface area contributed by atoms with E-state index in [-0.39, 0.29) is 18.0 Å². The van der Waals surface area contributed by atoms with Gasteiger partial charge in [0.15, 0.2) is 0 Å². The van der Waals surface area contributed by atoms with E-state index in [0.717, 1.165) is 27.8 Å². The van der Waals surface area contributed by atoms with E-state index >= 15 is 0 Å². The van der Waals surface area contributed by atoms with Gasteiger partial charge in [-0.2, -0.15) is 4.98 Å². The lowest BCUT2D eigenvalue weighted by molar-refractivity contribution is 0.306. The molecule has 0 bridgehead atoms. The van der Waals surface area contributed by atoms with Crippen LogP contribution in [0.1, 0.15) is 35.2 Å². The first-order chi connectivity index (χ1) is 15.2. The highest BCUT2D eigenvalue weighted by molar-refractivity contribution is 9.10. The first-order valence-electron chi connectivity index (χ1n) is 10.2. The van der Waals surface area contributed by atoms with Crippen LogP contribution in [-0.2, 0) is 6.61 Å². The molecule has 0 radical (unpaired) electrons. The summed E-state index contributed by atoms with van der Waals surface area (Å²) in [5.74, 6) is 1.79. The third-order valence-corrected chi connectivity index (χ3v) is 6.02. The number of benzene rings is 3. The van der Waals surface area contributed by atoms with Gasteiger partial charge in [-0.05, 0) is 47.4 Å². The molecule has 0 amide bonds. The second-order valence-corrected chi connectivity index (χ2v) is 8.50. The minimum absolute atomic E-state index is 0.0258. The van der Waals surface area contributed by atoms with Gasteiger partial charge in [0.1, 0.15) is 12.4 Å². The van der Waals surface area contributed by atoms with Crippen molar-refractivity contribution >= 4 is 27.8 Å². The minimum atomic E-state index is 0.0258. The molecule has 1 aliphatic heterocycles. The number of nitrogens with two attached hydrogens (primary N) is 1. The fourth-order valence-electron chi connectivity index (χ4n) is 3.91. The average molecular weight is 476 g/mol. The monoisotopic (exact) mass is 475 g/mol. The van der Waals surface area contributed by atoms with E-state index in [4.69, 9.17) is 10.5 Å². The Morgan fingerprint density at radius 2 is 1.68 bits per heavy atom. The van der Waals surface area contributed by atoms with Gasteiger partial charge in [-0.25, -0.2) is 4.68 Å². The standard InChI is InChI=1S/C24H22BrN5O/c25-19-10-6-17(7-11-19)21-14-22(30-24(27-21)28-23(26)29-30)18-8-12-20(13-9-18)31-15-16-4-2-1-3-5-16/h1-13,21-22H,14-15H2,(H3,26,27,28,29)/t21-,22+/m0/s1. The molecule has 0 saturated heterocycles. The van der Waals surface area contributed by atoms with Crippen LogP contribution < -0.4 is 15.8 Å². The Morgan fingerprint density at radius 3 is 2.42 bits per heavy atom. The molecule has 156 valence electrons. The van der Waals surface area contributed by atoms with Gasteiger partial charge >= 0.3 is 0 Å². The summed E-state index contributed by atoms with van der Waals surface area (Å²) in [5, 5.41) is 7.90. The quantitative estimate of drug-likeness (QED) is 0.406. The van der Waals surface area contributed by atoms with Gasteiger partial charge < -0.3 is 15.8 Å². The van der Waals surface area contributed by atoms with Crippen LogP contribution in [0.3, 0.4) is 0 Å². The summed E-state index contributed by atoms with van der Waals surface area (Å²) in [7, 11) is 0. The smallest absolute Gasteiger partial charge is 0.241 e. The molecule has 3 N–H and O–H groups in total. The first-order valence-corrected chi connectivity index (χ1v) is 11.0. The summed E-state index contributed by atoms with van der Waals surface area (Å²) >= 11 is 3.51. The molecule has 1 aliphatic rings. The van der Waals surface area contributed by atoms with E-state index in [1.54, 1.807) is 0 Å². The molecule has 0 saturated carbocycles. The molecule has 31 heavy (non-hydrogen) atoms. The maximum atomic E-state index is 5.94. The Bertz CT molecular complexity index is 1160. The molecular formula is C24H22BrN5O. The molecule has 2 atom stereocenters. The van der Waals surface area contributed by atoms with Crippen molar-refractivity contribution in [1.82, 2.24) is 14.8 Å². The summed E-state index contributed by atoms with van der Waals surface area (Å²) < 4.78 is 8.88. The molecule has 4 aromatic rings. The summed E-state index contributed by atoms with van der Waals surface area (Å²) in [4.78, 5) is 4.39. The zero-order valence-electron chi connectivity index (χ0n) is 16.8. The number of ether oxygens (including phenoxy) is 1. The largest absolute Gasteiger partial charge is 0.489 e. The van der Waals surface area contributed by atoms with E-state index < -0.39 is 0 Å². The molecule has 0 spiro atoms. The van der Waals surface area contributed by atoms with E-state index in [1.165, 1.54) is 5.56 Å². The molecule has 6 nitrogen and oxygen atoms in total. The second kappa shape index (κ2) is 8.43. The van der Waals surface area contributed by atoms with Gasteiger partial charge in [0.2, 0.25) is 11.9 Å². The predicted molar refractivity (Wildman–Crippen MR) is 125 cm³/mol. The number of nitrogens with one attached hydrogen (secondary N) is 1. The van der Waals surface area contributed by atoms with Crippen LogP contribution >= 0.6 is 15.9 Å². The number of hydrogen-bond donors (Lipinski definition) is 2. The van der Waals surface area contributed by atoms with Crippen molar-refractivity contribution < 1.29 is 4.74 Å². The van der Waals surface area contributed by atoms with Crippen molar-refractivity contribution in [3.8, 4) is 5.75 Å². The maximum absolute atomic E-state index is 5.94. The number of anilines is 2. The molecule has 2 heterocycles. The lowest BCUT2D eigenvalue weighted by atomic mass is 9.93. The molecule has 5 rings (SSSR count). The SMILES string of the molecule is Nc1nc2n(n1)[C@@H](c1ccc(OCc3ccccc3)cc1)C[C@@H](c1ccc(Br)cc1)N2. The Labute approximate surface area is 189 Å². The van der Waals surface area contributed by atoms with Crippen molar-refractivity contribution in [1.29, 1.82) is 0 Å². The van der Waals surface area contributed by atoms with Crippen molar-refractivity contribution in [2.75, 3.05) is 11.1 Å². The summed E-state index contributed by atoms with van der Waals surface area (Å²) in [6, 6.07) is 26.8.